The molecule has 1 nitrogen and oxygen atoms in total. The third-order valence-electron chi connectivity index (χ3n) is 3.55. The molecular formula is C13H20OSn. The van der Waals surface area contributed by atoms with E-state index >= 15 is 0 Å². The van der Waals surface area contributed by atoms with E-state index in [1.165, 1.54) is 0 Å². The summed E-state index contributed by atoms with van der Waals surface area (Å²) < 4.78 is 3.91. The molecule has 1 rings (SSSR count). The molecule has 15 heavy (non-hydrogen) atoms. The monoisotopic (exact) mass is 312 g/mol. The average Bonchev–Trinajstić information content (AvgIpc) is 2.33. The van der Waals surface area contributed by atoms with E-state index in [4.69, 9.17) is 0 Å². The van der Waals surface area contributed by atoms with Gasteiger partial charge in [-0.3, -0.25) is 0 Å². The van der Waals surface area contributed by atoms with Crippen molar-refractivity contribution in [3.05, 3.63) is 35.9 Å². The zero-order valence-corrected chi connectivity index (χ0v) is 12.8. The summed E-state index contributed by atoms with van der Waals surface area (Å²) in [5, 5.41) is 0. The Morgan fingerprint density at radius 1 is 1.00 bits per heavy atom. The second kappa shape index (κ2) is 5.69. The Morgan fingerprint density at radius 3 is 1.87 bits per heavy atom. The first kappa shape index (κ1) is 12.8. The van der Waals surface area contributed by atoms with Crippen molar-refractivity contribution in [2.75, 3.05) is 0 Å². The van der Waals surface area contributed by atoms with Crippen molar-refractivity contribution in [2.24, 2.45) is 0 Å². The first-order chi connectivity index (χ1) is 7.20. The van der Waals surface area contributed by atoms with Gasteiger partial charge in [-0.15, -0.1) is 0 Å². The Bertz CT molecular complexity index is 306. The maximum absolute atomic E-state index is 12.5. The Kier molecular flexibility index (Phi) is 4.84. The molecule has 0 atom stereocenters. The Morgan fingerprint density at radius 2 is 1.47 bits per heavy atom. The normalized spacial score (nSPS) is 11.4. The molecule has 0 aliphatic rings. The fourth-order valence-electron chi connectivity index (χ4n) is 2.13. The summed E-state index contributed by atoms with van der Waals surface area (Å²) in [6, 6.07) is 9.83. The Labute approximate surface area is 96.8 Å². The van der Waals surface area contributed by atoms with E-state index in [0.29, 0.717) is 3.80 Å². The summed E-state index contributed by atoms with van der Waals surface area (Å²) in [5.41, 5.74) is 0.943. The minimum atomic E-state index is -2.49. The van der Waals surface area contributed by atoms with Crippen molar-refractivity contribution < 1.29 is 4.79 Å². The van der Waals surface area contributed by atoms with E-state index in [2.05, 4.69) is 20.8 Å². The van der Waals surface area contributed by atoms with Crippen molar-refractivity contribution in [3.63, 3.8) is 0 Å². The van der Waals surface area contributed by atoms with Crippen LogP contribution in [0, 0.1) is 0 Å². The van der Waals surface area contributed by atoms with Gasteiger partial charge in [0.2, 0.25) is 0 Å². The molecule has 0 fully saturated rings. The van der Waals surface area contributed by atoms with Gasteiger partial charge in [0, 0.05) is 0 Å². The molecule has 0 aromatic heterocycles. The summed E-state index contributed by atoms with van der Waals surface area (Å²) in [6.07, 6.45) is 0. The van der Waals surface area contributed by atoms with Crippen molar-refractivity contribution in [1.29, 1.82) is 0 Å². The number of carbonyl (C=O) groups excluding carboxylic acids is 1. The summed E-state index contributed by atoms with van der Waals surface area (Å²) in [4.78, 5) is 12.5. The van der Waals surface area contributed by atoms with Gasteiger partial charge in [-0.2, -0.15) is 0 Å². The zero-order chi connectivity index (χ0) is 11.3. The van der Waals surface area contributed by atoms with Gasteiger partial charge in [0.05, 0.1) is 0 Å². The maximum atomic E-state index is 12.5. The predicted molar refractivity (Wildman–Crippen MR) is 68.0 cm³/mol. The summed E-state index contributed by atoms with van der Waals surface area (Å²) in [5.74, 6) is 0. The number of hydrogen-bond donors (Lipinski definition) is 0. The van der Waals surface area contributed by atoms with Crippen LogP contribution in [0.5, 0.6) is 0 Å². The Balaban J connectivity index is 3.01. The molecule has 82 valence electrons. The quantitative estimate of drug-likeness (QED) is 0.753. The number of hydrogen-bond acceptors (Lipinski definition) is 1. The number of rotatable bonds is 5. The molecule has 0 heterocycles. The van der Waals surface area contributed by atoms with Crippen molar-refractivity contribution in [1.82, 2.24) is 0 Å². The van der Waals surface area contributed by atoms with Gasteiger partial charge in [0.1, 0.15) is 0 Å². The minimum absolute atomic E-state index is 0.511. The van der Waals surface area contributed by atoms with Crippen LogP contribution in [0.15, 0.2) is 30.3 Å². The van der Waals surface area contributed by atoms with E-state index in [-0.39, 0.29) is 0 Å². The molecule has 1 aromatic carbocycles. The van der Waals surface area contributed by atoms with E-state index < -0.39 is 18.4 Å². The van der Waals surface area contributed by atoms with E-state index in [1.54, 1.807) is 0 Å². The van der Waals surface area contributed by atoms with Crippen LogP contribution >= 0.6 is 0 Å². The molecule has 0 bridgehead atoms. The zero-order valence-electron chi connectivity index (χ0n) is 9.92. The molecule has 0 amide bonds. The molecule has 0 N–H and O–H groups in total. The predicted octanol–water partition coefficient (Wildman–Crippen LogP) is 3.92. The summed E-state index contributed by atoms with van der Waals surface area (Å²) in [7, 11) is 0. The molecule has 0 unspecified atom stereocenters. The molecule has 0 aliphatic heterocycles. The van der Waals surface area contributed by atoms with Crippen LogP contribution in [-0.2, 0) is 0 Å². The topological polar surface area (TPSA) is 17.1 Å². The van der Waals surface area contributed by atoms with Crippen molar-refractivity contribution in [3.8, 4) is 0 Å². The first-order valence-corrected chi connectivity index (χ1v) is 13.3. The SMILES string of the molecule is C[CH2][Sn]([CH2]C)([CH2]C)[C](=O)c1ccccc1. The van der Waals surface area contributed by atoms with E-state index in [9.17, 15) is 4.79 Å². The number of benzene rings is 1. The van der Waals surface area contributed by atoms with E-state index in [1.807, 2.05) is 30.3 Å². The van der Waals surface area contributed by atoms with Gasteiger partial charge >= 0.3 is 96.9 Å². The van der Waals surface area contributed by atoms with Gasteiger partial charge in [-0.25, -0.2) is 0 Å². The first-order valence-electron chi connectivity index (χ1n) is 5.80. The molecule has 1 aromatic rings. The second-order valence-electron chi connectivity index (χ2n) is 4.04. The van der Waals surface area contributed by atoms with Crippen LogP contribution in [0.25, 0.3) is 0 Å². The second-order valence-corrected chi connectivity index (χ2v) is 18.7. The third kappa shape index (κ3) is 2.63. The average molecular weight is 311 g/mol. The van der Waals surface area contributed by atoms with Crippen LogP contribution < -0.4 is 0 Å². The van der Waals surface area contributed by atoms with Crippen molar-refractivity contribution >= 4 is 22.2 Å². The standard InChI is InChI=1S/C7H5O.3C2H5.Sn/c8-6-7-4-2-1-3-5-7;3*1-2;/h1-5H;3*1H2,2H3;. The van der Waals surface area contributed by atoms with Crippen LogP contribution in [0.4, 0.5) is 0 Å². The molecule has 0 spiro atoms. The molecule has 0 saturated carbocycles. The molecule has 0 radical (unpaired) electrons. The van der Waals surface area contributed by atoms with Gasteiger partial charge in [0.15, 0.2) is 0 Å². The fourth-order valence-corrected chi connectivity index (χ4v) is 11.4. The Hall–Kier alpha value is -0.311. The third-order valence-corrected chi connectivity index (χ3v) is 18.7. The van der Waals surface area contributed by atoms with Crippen LogP contribution in [0.1, 0.15) is 31.1 Å². The molecular weight excluding hydrogens is 291 g/mol. The van der Waals surface area contributed by atoms with Crippen molar-refractivity contribution in [2.45, 2.75) is 34.1 Å². The fraction of sp³-hybridized carbons (Fsp3) is 0.462. The van der Waals surface area contributed by atoms with Crippen LogP contribution in [0.2, 0.25) is 13.3 Å². The van der Waals surface area contributed by atoms with Gasteiger partial charge in [0.25, 0.3) is 0 Å². The van der Waals surface area contributed by atoms with Crippen LogP contribution in [-0.4, -0.2) is 22.2 Å². The summed E-state index contributed by atoms with van der Waals surface area (Å²) in [6.45, 7) is 6.60. The van der Waals surface area contributed by atoms with Gasteiger partial charge in [-0.05, 0) is 0 Å². The molecule has 0 aliphatic carbocycles. The summed E-state index contributed by atoms with van der Waals surface area (Å²) >= 11 is -2.49. The van der Waals surface area contributed by atoms with Crippen LogP contribution in [0.3, 0.4) is 0 Å². The van der Waals surface area contributed by atoms with Gasteiger partial charge < -0.3 is 0 Å². The van der Waals surface area contributed by atoms with Gasteiger partial charge in [-0.1, -0.05) is 0 Å². The molecule has 0 saturated heterocycles. The van der Waals surface area contributed by atoms with E-state index in [0.717, 1.165) is 18.9 Å². The molecule has 2 heteroatoms. The number of carbonyl (C=O) groups is 1.